The van der Waals surface area contributed by atoms with Gasteiger partial charge in [0.1, 0.15) is 0 Å². The fourth-order valence-electron chi connectivity index (χ4n) is 3.49. The summed E-state index contributed by atoms with van der Waals surface area (Å²) in [4.78, 5) is 5.29. The van der Waals surface area contributed by atoms with Gasteiger partial charge in [0, 0.05) is 37.4 Å². The Labute approximate surface area is 116 Å². The largest absolute Gasteiger partial charge is 0.399 e. The Hall–Kier alpha value is -1.06. The van der Waals surface area contributed by atoms with Crippen molar-refractivity contribution in [1.29, 1.82) is 0 Å². The first-order valence-electron chi connectivity index (χ1n) is 7.46. The van der Waals surface area contributed by atoms with E-state index < -0.39 is 0 Å². The van der Waals surface area contributed by atoms with Gasteiger partial charge in [-0.25, -0.2) is 0 Å². The summed E-state index contributed by atoms with van der Waals surface area (Å²) in [5.74, 6) is 0. The number of benzene rings is 1. The van der Waals surface area contributed by atoms with Crippen LogP contribution in [0.15, 0.2) is 18.2 Å². The van der Waals surface area contributed by atoms with E-state index in [1.165, 1.54) is 43.6 Å². The highest BCUT2D eigenvalue weighted by Gasteiger charge is 2.34. The summed E-state index contributed by atoms with van der Waals surface area (Å²) in [5.41, 5.74) is 9.47. The summed E-state index contributed by atoms with van der Waals surface area (Å²) in [5, 5.41) is 0. The number of nitrogens with two attached hydrogens (primary N) is 1. The Bertz CT molecular complexity index is 457. The Morgan fingerprint density at radius 1 is 1.32 bits per heavy atom. The standard InChI is InChI=1S/C16H25N3/c1-12-5-6-14(8-16(12)17)10-19-11-15-4-3-7-18(15)9-13(19)2/h5-6,8,13,15H,3-4,7,9-11,17H2,1-2H3. The van der Waals surface area contributed by atoms with Gasteiger partial charge in [0.2, 0.25) is 0 Å². The van der Waals surface area contributed by atoms with Crippen molar-refractivity contribution < 1.29 is 0 Å². The van der Waals surface area contributed by atoms with Crippen LogP contribution in [-0.2, 0) is 6.54 Å². The summed E-state index contributed by atoms with van der Waals surface area (Å²) in [6.07, 6.45) is 2.75. The molecule has 2 aliphatic heterocycles. The smallest absolute Gasteiger partial charge is 0.0346 e. The van der Waals surface area contributed by atoms with Crippen LogP contribution in [0, 0.1) is 6.92 Å². The van der Waals surface area contributed by atoms with Crippen LogP contribution in [0.1, 0.15) is 30.9 Å². The molecule has 3 nitrogen and oxygen atoms in total. The number of anilines is 1. The summed E-state index contributed by atoms with van der Waals surface area (Å²) < 4.78 is 0. The van der Waals surface area contributed by atoms with Crippen molar-refractivity contribution in [2.24, 2.45) is 0 Å². The molecule has 3 rings (SSSR count). The zero-order chi connectivity index (χ0) is 13.4. The van der Waals surface area contributed by atoms with Gasteiger partial charge in [-0.2, -0.15) is 0 Å². The van der Waals surface area contributed by atoms with E-state index in [0.29, 0.717) is 6.04 Å². The van der Waals surface area contributed by atoms with Crippen LogP contribution < -0.4 is 5.73 Å². The maximum atomic E-state index is 6.02. The van der Waals surface area contributed by atoms with Crippen molar-refractivity contribution in [3.63, 3.8) is 0 Å². The highest BCUT2D eigenvalue weighted by atomic mass is 15.3. The van der Waals surface area contributed by atoms with Crippen LogP contribution in [0.5, 0.6) is 0 Å². The third kappa shape index (κ3) is 2.63. The molecule has 19 heavy (non-hydrogen) atoms. The molecule has 0 aliphatic carbocycles. The van der Waals surface area contributed by atoms with Crippen LogP contribution >= 0.6 is 0 Å². The van der Waals surface area contributed by atoms with Crippen molar-refractivity contribution in [3.05, 3.63) is 29.3 Å². The molecule has 0 saturated carbocycles. The van der Waals surface area contributed by atoms with Gasteiger partial charge >= 0.3 is 0 Å². The maximum Gasteiger partial charge on any atom is 0.0346 e. The first kappa shape index (κ1) is 12.9. The Kier molecular flexibility index (Phi) is 3.50. The zero-order valence-electron chi connectivity index (χ0n) is 12.1. The van der Waals surface area contributed by atoms with Crippen molar-refractivity contribution in [2.75, 3.05) is 25.4 Å². The third-order valence-corrected chi connectivity index (χ3v) is 4.80. The number of nitrogen functional groups attached to an aromatic ring is 1. The van der Waals surface area contributed by atoms with Crippen LogP contribution in [0.25, 0.3) is 0 Å². The van der Waals surface area contributed by atoms with E-state index in [1.807, 2.05) is 0 Å². The quantitative estimate of drug-likeness (QED) is 0.827. The number of fused-ring (bicyclic) bond motifs is 1. The molecule has 0 radical (unpaired) electrons. The topological polar surface area (TPSA) is 32.5 Å². The van der Waals surface area contributed by atoms with Gasteiger partial charge < -0.3 is 5.73 Å². The third-order valence-electron chi connectivity index (χ3n) is 4.80. The number of piperazine rings is 1. The molecule has 2 saturated heterocycles. The number of hydrogen-bond donors (Lipinski definition) is 1. The fourth-order valence-corrected chi connectivity index (χ4v) is 3.49. The van der Waals surface area contributed by atoms with E-state index in [4.69, 9.17) is 5.73 Å². The van der Waals surface area contributed by atoms with Gasteiger partial charge in [-0.3, -0.25) is 9.80 Å². The summed E-state index contributed by atoms with van der Waals surface area (Å²) in [6, 6.07) is 7.94. The van der Waals surface area contributed by atoms with Crippen LogP contribution in [0.3, 0.4) is 0 Å². The molecular weight excluding hydrogens is 234 g/mol. The molecule has 2 atom stereocenters. The molecule has 1 aromatic carbocycles. The average molecular weight is 259 g/mol. The van der Waals surface area contributed by atoms with Crippen molar-refractivity contribution in [1.82, 2.24) is 9.80 Å². The lowest BCUT2D eigenvalue weighted by Gasteiger charge is -2.42. The van der Waals surface area contributed by atoms with Crippen LogP contribution in [0.4, 0.5) is 5.69 Å². The molecule has 2 aliphatic rings. The molecule has 0 aromatic heterocycles. The minimum absolute atomic E-state index is 0.650. The maximum absolute atomic E-state index is 6.02. The van der Waals surface area contributed by atoms with Crippen molar-refractivity contribution in [2.45, 2.75) is 45.3 Å². The van der Waals surface area contributed by atoms with Crippen molar-refractivity contribution >= 4 is 5.69 Å². The van der Waals surface area contributed by atoms with Gasteiger partial charge in [-0.1, -0.05) is 12.1 Å². The van der Waals surface area contributed by atoms with Gasteiger partial charge in [0.05, 0.1) is 0 Å². The molecule has 0 amide bonds. The van der Waals surface area contributed by atoms with E-state index in [9.17, 15) is 0 Å². The number of rotatable bonds is 2. The van der Waals surface area contributed by atoms with E-state index in [1.54, 1.807) is 0 Å². The van der Waals surface area contributed by atoms with Gasteiger partial charge in [-0.05, 0) is 50.4 Å². The minimum atomic E-state index is 0.650. The molecule has 104 valence electrons. The van der Waals surface area contributed by atoms with E-state index in [0.717, 1.165) is 18.3 Å². The molecule has 2 unspecified atom stereocenters. The highest BCUT2D eigenvalue weighted by molar-refractivity contribution is 5.48. The predicted molar refractivity (Wildman–Crippen MR) is 80.1 cm³/mol. The van der Waals surface area contributed by atoms with Crippen molar-refractivity contribution in [3.8, 4) is 0 Å². The Morgan fingerprint density at radius 2 is 2.16 bits per heavy atom. The van der Waals surface area contributed by atoms with Crippen LogP contribution in [-0.4, -0.2) is 41.5 Å². The minimum Gasteiger partial charge on any atom is -0.399 e. The second kappa shape index (κ2) is 5.14. The number of hydrogen-bond acceptors (Lipinski definition) is 3. The fraction of sp³-hybridized carbons (Fsp3) is 0.625. The van der Waals surface area contributed by atoms with Gasteiger partial charge in [-0.15, -0.1) is 0 Å². The first-order chi connectivity index (χ1) is 9.13. The van der Waals surface area contributed by atoms with Crippen LogP contribution in [0.2, 0.25) is 0 Å². The van der Waals surface area contributed by atoms with Gasteiger partial charge in [0.25, 0.3) is 0 Å². The Morgan fingerprint density at radius 3 is 2.95 bits per heavy atom. The summed E-state index contributed by atoms with van der Waals surface area (Å²) in [6.45, 7) is 9.21. The van der Waals surface area contributed by atoms with E-state index in [2.05, 4.69) is 41.8 Å². The van der Waals surface area contributed by atoms with E-state index in [-0.39, 0.29) is 0 Å². The zero-order valence-corrected chi connectivity index (χ0v) is 12.1. The SMILES string of the molecule is Cc1ccc(CN2CC3CCCN3CC2C)cc1N. The molecular formula is C16H25N3. The monoisotopic (exact) mass is 259 g/mol. The lowest BCUT2D eigenvalue weighted by molar-refractivity contribution is 0.0540. The molecule has 1 aromatic rings. The average Bonchev–Trinajstić information content (AvgIpc) is 2.81. The Balaban J connectivity index is 1.70. The summed E-state index contributed by atoms with van der Waals surface area (Å²) in [7, 11) is 0. The number of nitrogens with zero attached hydrogens (tertiary/aromatic N) is 2. The predicted octanol–water partition coefficient (Wildman–Crippen LogP) is 2.25. The van der Waals surface area contributed by atoms with Gasteiger partial charge in [0.15, 0.2) is 0 Å². The lowest BCUT2D eigenvalue weighted by atomic mass is 10.1. The second-order valence-corrected chi connectivity index (χ2v) is 6.26. The lowest BCUT2D eigenvalue weighted by Crippen LogP contribution is -2.54. The molecule has 2 fully saturated rings. The molecule has 2 heterocycles. The van der Waals surface area contributed by atoms with E-state index >= 15 is 0 Å². The normalized spacial score (nSPS) is 28.5. The highest BCUT2D eigenvalue weighted by Crippen LogP contribution is 2.26. The first-order valence-corrected chi connectivity index (χ1v) is 7.46. The molecule has 0 bridgehead atoms. The molecule has 2 N–H and O–H groups in total. The molecule has 0 spiro atoms. The summed E-state index contributed by atoms with van der Waals surface area (Å²) >= 11 is 0. The molecule has 3 heteroatoms. The number of aryl methyl sites for hydroxylation is 1. The second-order valence-electron chi connectivity index (χ2n) is 6.26.